The number of aromatic amines is 1. The van der Waals surface area contributed by atoms with E-state index in [9.17, 15) is 9.90 Å². The molecule has 0 spiro atoms. The van der Waals surface area contributed by atoms with E-state index in [0.29, 0.717) is 31.6 Å². The van der Waals surface area contributed by atoms with Gasteiger partial charge in [0.2, 0.25) is 0 Å². The van der Waals surface area contributed by atoms with E-state index in [0.717, 1.165) is 42.3 Å². The zero-order valence-corrected chi connectivity index (χ0v) is 18.4. The van der Waals surface area contributed by atoms with Crippen molar-refractivity contribution in [1.29, 1.82) is 0 Å². The minimum absolute atomic E-state index is 0.00307. The van der Waals surface area contributed by atoms with Crippen molar-refractivity contribution in [3.05, 3.63) is 26.6 Å². The van der Waals surface area contributed by atoms with Gasteiger partial charge in [0.15, 0.2) is 0 Å². The van der Waals surface area contributed by atoms with Gasteiger partial charge in [0.05, 0.1) is 30.7 Å². The number of rotatable bonds is 8. The second kappa shape index (κ2) is 9.25. The number of aliphatic hydroxyl groups excluding tert-OH is 1. The summed E-state index contributed by atoms with van der Waals surface area (Å²) in [6.45, 7) is 5.40. The van der Waals surface area contributed by atoms with E-state index in [-0.39, 0.29) is 11.7 Å². The molecule has 2 heterocycles. The maximum Gasteiger partial charge on any atom is 0.259 e. The summed E-state index contributed by atoms with van der Waals surface area (Å²) in [4.78, 5) is 25.2. The van der Waals surface area contributed by atoms with Crippen LogP contribution in [0.3, 0.4) is 0 Å². The summed E-state index contributed by atoms with van der Waals surface area (Å²) in [7, 11) is 0. The number of aliphatic hydroxyl groups is 1. The fourth-order valence-corrected chi connectivity index (χ4v) is 6.01. The number of H-pyrrole nitrogens is 1. The first-order chi connectivity index (χ1) is 14.0. The Morgan fingerprint density at radius 3 is 2.79 bits per heavy atom. The van der Waals surface area contributed by atoms with Gasteiger partial charge in [0, 0.05) is 17.5 Å². The molecule has 0 radical (unpaired) electrons. The minimum Gasteiger partial charge on any atom is -0.389 e. The van der Waals surface area contributed by atoms with E-state index in [1.54, 1.807) is 11.3 Å². The van der Waals surface area contributed by atoms with Crippen LogP contribution in [-0.2, 0) is 24.1 Å². The third-order valence-corrected chi connectivity index (χ3v) is 7.32. The van der Waals surface area contributed by atoms with Crippen molar-refractivity contribution in [2.45, 2.75) is 90.0 Å². The first-order valence-electron chi connectivity index (χ1n) is 11.1. The Balaban J connectivity index is 1.54. The molecule has 2 aromatic rings. The maximum atomic E-state index is 12.8. The molecule has 1 unspecified atom stereocenters. The summed E-state index contributed by atoms with van der Waals surface area (Å²) in [5.74, 6) is 0.713. The third kappa shape index (κ3) is 4.90. The van der Waals surface area contributed by atoms with Crippen LogP contribution in [0.25, 0.3) is 10.2 Å². The summed E-state index contributed by atoms with van der Waals surface area (Å²) in [5.41, 5.74) is 1.22. The zero-order valence-electron chi connectivity index (χ0n) is 17.6. The Hall–Kier alpha value is -1.28. The number of nitrogens with one attached hydrogen (secondary N) is 1. The predicted octanol–water partition coefficient (Wildman–Crippen LogP) is 3.39. The number of hydrogen-bond acceptors (Lipinski definition) is 6. The second-order valence-electron chi connectivity index (χ2n) is 8.81. The Kier molecular flexibility index (Phi) is 6.69. The fourth-order valence-electron chi connectivity index (χ4n) is 4.73. The van der Waals surface area contributed by atoms with E-state index >= 15 is 0 Å². The van der Waals surface area contributed by atoms with Crippen LogP contribution < -0.4 is 5.56 Å². The minimum atomic E-state index is -0.541. The summed E-state index contributed by atoms with van der Waals surface area (Å²) in [5, 5.41) is 11.3. The number of hydrogen-bond donors (Lipinski definition) is 2. The standard InChI is InChI=1S/C22H33N3O3S/c1-14(2)28-13-16(26)11-25(15-7-4-3-5-8-15)12-19-23-21(27)20-17-9-6-10-18(17)29-22(20)24-19/h14-16,26H,3-13H2,1-2H3,(H,23,24,27). The molecule has 2 aromatic heterocycles. The molecule has 2 aliphatic rings. The lowest BCUT2D eigenvalue weighted by Crippen LogP contribution is -2.43. The summed E-state index contributed by atoms with van der Waals surface area (Å²) >= 11 is 1.68. The van der Waals surface area contributed by atoms with Crippen molar-refractivity contribution in [3.63, 3.8) is 0 Å². The lowest BCUT2D eigenvalue weighted by atomic mass is 9.94. The normalized spacial score (nSPS) is 18.8. The van der Waals surface area contributed by atoms with Crippen LogP contribution in [-0.4, -0.2) is 51.4 Å². The van der Waals surface area contributed by atoms with Gasteiger partial charge in [-0.2, -0.15) is 0 Å². The highest BCUT2D eigenvalue weighted by Gasteiger charge is 2.26. The molecule has 1 atom stereocenters. The quantitative estimate of drug-likeness (QED) is 0.686. The molecule has 6 nitrogen and oxygen atoms in total. The van der Waals surface area contributed by atoms with E-state index < -0.39 is 6.10 Å². The molecule has 2 N–H and O–H groups in total. The predicted molar refractivity (Wildman–Crippen MR) is 117 cm³/mol. The Labute approximate surface area is 176 Å². The van der Waals surface area contributed by atoms with E-state index in [1.165, 1.54) is 29.7 Å². The molecule has 4 rings (SSSR count). The van der Waals surface area contributed by atoms with Gasteiger partial charge in [-0.25, -0.2) is 4.98 Å². The van der Waals surface area contributed by atoms with Gasteiger partial charge in [-0.3, -0.25) is 9.69 Å². The molecule has 0 amide bonds. The summed E-state index contributed by atoms with van der Waals surface area (Å²) in [6, 6.07) is 0.423. The molecular formula is C22H33N3O3S. The van der Waals surface area contributed by atoms with Crippen molar-refractivity contribution < 1.29 is 9.84 Å². The van der Waals surface area contributed by atoms with Gasteiger partial charge in [-0.15, -0.1) is 11.3 Å². The van der Waals surface area contributed by atoms with Crippen LogP contribution in [0.15, 0.2) is 4.79 Å². The van der Waals surface area contributed by atoms with Crippen molar-refractivity contribution in [2.75, 3.05) is 13.2 Å². The molecule has 0 aliphatic heterocycles. The van der Waals surface area contributed by atoms with Gasteiger partial charge < -0.3 is 14.8 Å². The molecule has 0 aromatic carbocycles. The van der Waals surface area contributed by atoms with Crippen molar-refractivity contribution in [3.8, 4) is 0 Å². The molecule has 0 saturated heterocycles. The molecule has 160 valence electrons. The highest BCUT2D eigenvalue weighted by Crippen LogP contribution is 2.34. The Morgan fingerprint density at radius 2 is 2.03 bits per heavy atom. The lowest BCUT2D eigenvalue weighted by molar-refractivity contribution is -0.0189. The number of ether oxygens (including phenoxy) is 1. The van der Waals surface area contributed by atoms with E-state index in [4.69, 9.17) is 9.72 Å². The van der Waals surface area contributed by atoms with Crippen LogP contribution in [0.1, 0.15) is 68.6 Å². The van der Waals surface area contributed by atoms with Crippen LogP contribution in [0, 0.1) is 0 Å². The summed E-state index contributed by atoms with van der Waals surface area (Å²) in [6.07, 6.45) is 8.77. The number of aryl methyl sites for hydroxylation is 2. The maximum absolute atomic E-state index is 12.8. The average Bonchev–Trinajstić information content (AvgIpc) is 3.27. The smallest absolute Gasteiger partial charge is 0.259 e. The molecule has 2 aliphatic carbocycles. The topological polar surface area (TPSA) is 78.5 Å². The highest BCUT2D eigenvalue weighted by atomic mass is 32.1. The van der Waals surface area contributed by atoms with E-state index in [1.807, 2.05) is 13.8 Å². The third-order valence-electron chi connectivity index (χ3n) is 6.14. The number of aromatic nitrogens is 2. The SMILES string of the molecule is CC(C)OCC(O)CN(Cc1nc2sc3c(c2c(=O)[nH]1)CCC3)C1CCCCC1. The van der Waals surface area contributed by atoms with Gasteiger partial charge in [-0.1, -0.05) is 19.3 Å². The molecule has 7 heteroatoms. The van der Waals surface area contributed by atoms with Gasteiger partial charge in [0.25, 0.3) is 5.56 Å². The van der Waals surface area contributed by atoms with Crippen LogP contribution in [0.2, 0.25) is 0 Å². The number of thiophene rings is 1. The second-order valence-corrected chi connectivity index (χ2v) is 9.89. The van der Waals surface area contributed by atoms with Gasteiger partial charge in [0.1, 0.15) is 10.7 Å². The van der Waals surface area contributed by atoms with Gasteiger partial charge >= 0.3 is 0 Å². The first kappa shape index (κ1) is 21.0. The van der Waals surface area contributed by atoms with Crippen molar-refractivity contribution in [1.82, 2.24) is 14.9 Å². The summed E-state index contributed by atoms with van der Waals surface area (Å²) < 4.78 is 5.61. The van der Waals surface area contributed by atoms with Gasteiger partial charge in [-0.05, 0) is 51.5 Å². The highest BCUT2D eigenvalue weighted by molar-refractivity contribution is 7.18. The zero-order chi connectivity index (χ0) is 20.4. The lowest BCUT2D eigenvalue weighted by Gasteiger charge is -2.35. The van der Waals surface area contributed by atoms with Crippen LogP contribution >= 0.6 is 11.3 Å². The molecule has 29 heavy (non-hydrogen) atoms. The van der Waals surface area contributed by atoms with E-state index in [2.05, 4.69) is 9.88 Å². The largest absolute Gasteiger partial charge is 0.389 e. The number of fused-ring (bicyclic) bond motifs is 3. The first-order valence-corrected chi connectivity index (χ1v) is 11.9. The van der Waals surface area contributed by atoms with Crippen molar-refractivity contribution >= 4 is 21.6 Å². The molecule has 0 bridgehead atoms. The Morgan fingerprint density at radius 1 is 1.24 bits per heavy atom. The fraction of sp³-hybridized carbons (Fsp3) is 0.727. The molecule has 1 fully saturated rings. The number of nitrogens with zero attached hydrogens (tertiary/aromatic N) is 2. The average molecular weight is 420 g/mol. The van der Waals surface area contributed by atoms with Crippen molar-refractivity contribution in [2.24, 2.45) is 0 Å². The van der Waals surface area contributed by atoms with Crippen LogP contribution in [0.5, 0.6) is 0 Å². The monoisotopic (exact) mass is 419 g/mol. The molecular weight excluding hydrogens is 386 g/mol. The molecule has 1 saturated carbocycles. The Bertz CT molecular complexity index is 885. The van der Waals surface area contributed by atoms with Crippen LogP contribution in [0.4, 0.5) is 0 Å².